The summed E-state index contributed by atoms with van der Waals surface area (Å²) in [5.74, 6) is 0. The van der Waals surface area contributed by atoms with Crippen LogP contribution in [0.3, 0.4) is 0 Å². The van der Waals surface area contributed by atoms with Crippen LogP contribution < -0.4 is 10.2 Å². The first kappa shape index (κ1) is 19.6. The molecule has 33 heavy (non-hydrogen) atoms. The lowest BCUT2D eigenvalue weighted by molar-refractivity contribution is 1.28. The van der Waals surface area contributed by atoms with E-state index < -0.39 is 0 Å². The zero-order valence-corrected chi connectivity index (χ0v) is 18.8. The maximum atomic E-state index is 3.62. The Morgan fingerprint density at radius 2 is 1.06 bits per heavy atom. The molecule has 5 aromatic carbocycles. The lowest BCUT2D eigenvalue weighted by atomic mass is 10.1. The second-order valence-corrected chi connectivity index (χ2v) is 9.07. The highest BCUT2D eigenvalue weighted by Crippen LogP contribution is 2.37. The molecule has 0 aliphatic carbocycles. The Bertz CT molecular complexity index is 1500. The number of benzene rings is 5. The van der Waals surface area contributed by atoms with Gasteiger partial charge in [-0.1, -0.05) is 66.7 Å². The summed E-state index contributed by atoms with van der Waals surface area (Å²) in [6.07, 6.45) is 0. The van der Waals surface area contributed by atoms with Gasteiger partial charge in [0.2, 0.25) is 0 Å². The van der Waals surface area contributed by atoms with Crippen molar-refractivity contribution in [3.8, 4) is 0 Å². The van der Waals surface area contributed by atoms with E-state index >= 15 is 0 Å². The number of nitrogens with one attached hydrogen (secondary N) is 1. The maximum Gasteiger partial charge on any atom is 0.0482 e. The van der Waals surface area contributed by atoms with Crippen LogP contribution >= 0.6 is 11.3 Å². The SMILES string of the molecule is c1ccc(N(c2ccccc2)c2cccc(Nc3ccc4c(c3)sc3ccccc34)c2)cc1. The van der Waals surface area contributed by atoms with Gasteiger partial charge < -0.3 is 10.2 Å². The maximum absolute atomic E-state index is 3.62. The largest absolute Gasteiger partial charge is 0.355 e. The van der Waals surface area contributed by atoms with E-state index in [4.69, 9.17) is 0 Å². The van der Waals surface area contributed by atoms with Gasteiger partial charge in [-0.3, -0.25) is 0 Å². The van der Waals surface area contributed by atoms with Crippen LogP contribution in [0.5, 0.6) is 0 Å². The van der Waals surface area contributed by atoms with E-state index in [0.29, 0.717) is 0 Å². The number of rotatable bonds is 5. The average molecular weight is 443 g/mol. The number of hydrogen-bond donors (Lipinski definition) is 1. The van der Waals surface area contributed by atoms with Crippen molar-refractivity contribution in [2.45, 2.75) is 0 Å². The molecule has 0 aliphatic rings. The molecule has 0 radical (unpaired) electrons. The Balaban J connectivity index is 1.37. The monoisotopic (exact) mass is 442 g/mol. The molecule has 0 fully saturated rings. The molecule has 1 aromatic heterocycles. The molecule has 0 amide bonds. The Labute approximate surface area is 197 Å². The first-order valence-electron chi connectivity index (χ1n) is 11.0. The van der Waals surface area contributed by atoms with Crippen molar-refractivity contribution in [2.24, 2.45) is 0 Å². The van der Waals surface area contributed by atoms with Crippen molar-refractivity contribution in [2.75, 3.05) is 10.2 Å². The standard InChI is InChI=1S/C30H22N2S/c1-3-11-24(12-4-1)32(25-13-5-2-6-14-25)26-15-9-10-22(20-26)31-23-18-19-28-27-16-7-8-17-29(27)33-30(28)21-23/h1-21,31H. The molecule has 2 nitrogen and oxygen atoms in total. The Kier molecular flexibility index (Phi) is 5.02. The molecule has 0 aliphatic heterocycles. The van der Waals surface area contributed by atoms with Crippen molar-refractivity contribution >= 4 is 59.9 Å². The summed E-state index contributed by atoms with van der Waals surface area (Å²) in [5, 5.41) is 6.26. The highest BCUT2D eigenvalue weighted by molar-refractivity contribution is 7.25. The summed E-state index contributed by atoms with van der Waals surface area (Å²) in [6, 6.07) is 44.8. The summed E-state index contributed by atoms with van der Waals surface area (Å²) < 4.78 is 2.63. The fraction of sp³-hybridized carbons (Fsp3) is 0. The molecule has 6 aromatic rings. The predicted molar refractivity (Wildman–Crippen MR) is 144 cm³/mol. The van der Waals surface area contributed by atoms with E-state index in [-0.39, 0.29) is 0 Å². The summed E-state index contributed by atoms with van der Waals surface area (Å²) in [6.45, 7) is 0. The minimum atomic E-state index is 1.06. The van der Waals surface area contributed by atoms with Crippen LogP contribution in [0.15, 0.2) is 127 Å². The Morgan fingerprint density at radius 3 is 1.82 bits per heavy atom. The van der Waals surface area contributed by atoms with Crippen molar-refractivity contribution in [1.29, 1.82) is 0 Å². The molecule has 6 rings (SSSR count). The molecule has 0 atom stereocenters. The van der Waals surface area contributed by atoms with Crippen LogP contribution in [0.1, 0.15) is 0 Å². The van der Waals surface area contributed by atoms with Crippen molar-refractivity contribution in [1.82, 2.24) is 0 Å². The van der Waals surface area contributed by atoms with Gasteiger partial charge in [-0.15, -0.1) is 11.3 Å². The van der Waals surface area contributed by atoms with Gasteiger partial charge in [0, 0.05) is 48.6 Å². The molecule has 0 bridgehead atoms. The third-order valence-electron chi connectivity index (χ3n) is 5.80. The summed E-state index contributed by atoms with van der Waals surface area (Å²) in [5.41, 5.74) is 5.53. The zero-order valence-electron chi connectivity index (χ0n) is 18.0. The van der Waals surface area contributed by atoms with Gasteiger partial charge in [-0.05, 0) is 60.7 Å². The van der Waals surface area contributed by atoms with E-state index in [1.165, 1.54) is 20.2 Å². The second-order valence-electron chi connectivity index (χ2n) is 7.99. The van der Waals surface area contributed by atoms with Gasteiger partial charge >= 0.3 is 0 Å². The molecule has 0 saturated carbocycles. The van der Waals surface area contributed by atoms with Gasteiger partial charge in [0.05, 0.1) is 0 Å². The predicted octanol–water partition coefficient (Wildman–Crippen LogP) is 9.27. The van der Waals surface area contributed by atoms with Crippen LogP contribution in [-0.4, -0.2) is 0 Å². The van der Waals surface area contributed by atoms with Crippen LogP contribution in [0.25, 0.3) is 20.2 Å². The van der Waals surface area contributed by atoms with Gasteiger partial charge in [-0.25, -0.2) is 0 Å². The van der Waals surface area contributed by atoms with E-state index in [2.05, 4.69) is 138 Å². The Hall–Kier alpha value is -4.08. The van der Waals surface area contributed by atoms with Crippen LogP contribution in [0.4, 0.5) is 28.4 Å². The smallest absolute Gasteiger partial charge is 0.0482 e. The van der Waals surface area contributed by atoms with Crippen LogP contribution in [0.2, 0.25) is 0 Å². The van der Waals surface area contributed by atoms with Crippen LogP contribution in [-0.2, 0) is 0 Å². The van der Waals surface area contributed by atoms with Gasteiger partial charge in [0.15, 0.2) is 0 Å². The number of anilines is 5. The van der Waals surface area contributed by atoms with Crippen molar-refractivity contribution in [3.63, 3.8) is 0 Å². The van der Waals surface area contributed by atoms with Gasteiger partial charge in [-0.2, -0.15) is 0 Å². The quantitative estimate of drug-likeness (QED) is 0.286. The molecule has 1 N–H and O–H groups in total. The molecule has 0 saturated heterocycles. The van der Waals surface area contributed by atoms with E-state index in [9.17, 15) is 0 Å². The lowest BCUT2D eigenvalue weighted by Crippen LogP contribution is -2.09. The fourth-order valence-electron chi connectivity index (χ4n) is 4.29. The first-order valence-corrected chi connectivity index (χ1v) is 11.9. The third-order valence-corrected chi connectivity index (χ3v) is 6.93. The molecule has 0 unspecified atom stereocenters. The van der Waals surface area contributed by atoms with Crippen molar-refractivity contribution < 1.29 is 0 Å². The van der Waals surface area contributed by atoms with Gasteiger partial charge in [0.25, 0.3) is 0 Å². The summed E-state index contributed by atoms with van der Waals surface area (Å²) >= 11 is 1.84. The average Bonchev–Trinajstić information content (AvgIpc) is 3.24. The number of thiophene rings is 1. The van der Waals surface area contributed by atoms with Crippen LogP contribution in [0, 0.1) is 0 Å². The lowest BCUT2D eigenvalue weighted by Gasteiger charge is -2.26. The zero-order chi connectivity index (χ0) is 22.0. The topological polar surface area (TPSA) is 15.3 Å². The molecule has 158 valence electrons. The minimum Gasteiger partial charge on any atom is -0.355 e. The van der Waals surface area contributed by atoms with Gasteiger partial charge in [0.1, 0.15) is 0 Å². The van der Waals surface area contributed by atoms with Crippen molar-refractivity contribution in [3.05, 3.63) is 127 Å². The number of fused-ring (bicyclic) bond motifs is 3. The highest BCUT2D eigenvalue weighted by Gasteiger charge is 2.12. The normalized spacial score (nSPS) is 11.0. The molecular weight excluding hydrogens is 420 g/mol. The third kappa shape index (κ3) is 3.84. The first-order chi connectivity index (χ1) is 16.3. The van der Waals surface area contributed by atoms with E-state index in [1.807, 2.05) is 11.3 Å². The highest BCUT2D eigenvalue weighted by atomic mass is 32.1. The fourth-order valence-corrected chi connectivity index (χ4v) is 5.44. The number of nitrogens with zero attached hydrogens (tertiary/aromatic N) is 1. The minimum absolute atomic E-state index is 1.06. The molecule has 0 spiro atoms. The Morgan fingerprint density at radius 1 is 0.455 bits per heavy atom. The summed E-state index contributed by atoms with van der Waals surface area (Å²) in [7, 11) is 0. The number of para-hydroxylation sites is 2. The molecular formula is C30H22N2S. The van der Waals surface area contributed by atoms with E-state index in [1.54, 1.807) is 0 Å². The summed E-state index contributed by atoms with van der Waals surface area (Å²) in [4.78, 5) is 2.28. The molecule has 3 heteroatoms. The van der Waals surface area contributed by atoms with E-state index in [0.717, 1.165) is 28.4 Å². The molecule has 1 heterocycles. The second kappa shape index (κ2) is 8.45. The number of hydrogen-bond acceptors (Lipinski definition) is 3.